The number of methoxy groups -OCH3 is 1. The van der Waals surface area contributed by atoms with Gasteiger partial charge in [-0.3, -0.25) is 9.69 Å². The van der Waals surface area contributed by atoms with E-state index in [9.17, 15) is 9.90 Å². The third kappa shape index (κ3) is 5.21. The molecule has 5 nitrogen and oxygen atoms in total. The first-order valence-corrected chi connectivity index (χ1v) is 8.71. The Hall–Kier alpha value is -1.59. The van der Waals surface area contributed by atoms with Gasteiger partial charge in [0, 0.05) is 26.2 Å². The first-order valence-electron chi connectivity index (χ1n) is 8.71. The summed E-state index contributed by atoms with van der Waals surface area (Å²) < 4.78 is 5.15. The van der Waals surface area contributed by atoms with Crippen molar-refractivity contribution >= 4 is 5.91 Å². The number of carbonyl (C=O) groups is 1. The van der Waals surface area contributed by atoms with Gasteiger partial charge in [-0.2, -0.15) is 0 Å². The van der Waals surface area contributed by atoms with Gasteiger partial charge in [-0.1, -0.05) is 12.1 Å². The zero-order valence-corrected chi connectivity index (χ0v) is 15.1. The molecule has 1 aromatic rings. The zero-order valence-electron chi connectivity index (χ0n) is 15.1. The van der Waals surface area contributed by atoms with Crippen molar-refractivity contribution < 1.29 is 14.6 Å². The van der Waals surface area contributed by atoms with Gasteiger partial charge in [-0.15, -0.1) is 0 Å². The van der Waals surface area contributed by atoms with Gasteiger partial charge >= 0.3 is 0 Å². The molecular formula is C19H30N2O3. The maximum Gasteiger partial charge on any atom is 0.236 e. The maximum absolute atomic E-state index is 12.5. The molecule has 0 aromatic heterocycles. The summed E-state index contributed by atoms with van der Waals surface area (Å²) in [6.07, 6.45) is 4.25. The smallest absolute Gasteiger partial charge is 0.236 e. The fraction of sp³-hybridized carbons (Fsp3) is 0.632. The fourth-order valence-electron chi connectivity index (χ4n) is 3.32. The monoisotopic (exact) mass is 334 g/mol. The van der Waals surface area contributed by atoms with Crippen molar-refractivity contribution in [3.63, 3.8) is 0 Å². The molecule has 1 aliphatic carbocycles. The lowest BCUT2D eigenvalue weighted by Gasteiger charge is -2.34. The normalized spacial score (nSPS) is 20.9. The summed E-state index contributed by atoms with van der Waals surface area (Å²) >= 11 is 0. The van der Waals surface area contributed by atoms with E-state index in [0.29, 0.717) is 31.7 Å². The highest BCUT2D eigenvalue weighted by Crippen LogP contribution is 2.26. The molecule has 1 fully saturated rings. The molecule has 0 bridgehead atoms. The van der Waals surface area contributed by atoms with Crippen molar-refractivity contribution in [3.8, 4) is 5.75 Å². The molecule has 1 amide bonds. The number of carbonyl (C=O) groups excluding carboxylic acids is 1. The summed E-state index contributed by atoms with van der Waals surface area (Å²) in [5.74, 6) is 1.41. The largest absolute Gasteiger partial charge is 0.497 e. The Labute approximate surface area is 145 Å². The van der Waals surface area contributed by atoms with Crippen molar-refractivity contribution in [1.82, 2.24) is 9.80 Å². The summed E-state index contributed by atoms with van der Waals surface area (Å²) in [5.41, 5.74) is 1.10. The molecule has 1 aliphatic rings. The van der Waals surface area contributed by atoms with E-state index >= 15 is 0 Å². The van der Waals surface area contributed by atoms with Crippen LogP contribution in [-0.4, -0.2) is 61.2 Å². The lowest BCUT2D eigenvalue weighted by atomic mass is 9.86. The number of benzene rings is 1. The number of rotatable bonds is 7. The molecule has 134 valence electrons. The quantitative estimate of drug-likeness (QED) is 0.830. The van der Waals surface area contributed by atoms with Crippen molar-refractivity contribution in [2.75, 3.05) is 34.4 Å². The minimum absolute atomic E-state index is 0.137. The van der Waals surface area contributed by atoms with E-state index in [1.165, 1.54) is 0 Å². The van der Waals surface area contributed by atoms with E-state index in [1.807, 2.05) is 38.4 Å². The van der Waals surface area contributed by atoms with Crippen molar-refractivity contribution in [1.29, 1.82) is 0 Å². The van der Waals surface area contributed by atoms with Crippen LogP contribution in [0.3, 0.4) is 0 Å². The van der Waals surface area contributed by atoms with E-state index in [0.717, 1.165) is 37.0 Å². The number of hydrogen-bond acceptors (Lipinski definition) is 4. The minimum atomic E-state index is 0.137. The Bertz CT molecular complexity index is 510. The van der Waals surface area contributed by atoms with Gasteiger partial charge in [0.1, 0.15) is 5.75 Å². The Morgan fingerprint density at radius 2 is 1.79 bits per heavy atom. The Kier molecular flexibility index (Phi) is 7.06. The second kappa shape index (κ2) is 9.04. The molecule has 2 rings (SSSR count). The van der Waals surface area contributed by atoms with Gasteiger partial charge in [0.2, 0.25) is 5.91 Å². The molecule has 0 unspecified atom stereocenters. The van der Waals surface area contributed by atoms with E-state index in [-0.39, 0.29) is 5.91 Å². The number of likely N-dealkylation sites (N-methyl/N-ethyl adjacent to an activating group) is 2. The summed E-state index contributed by atoms with van der Waals surface area (Å²) in [4.78, 5) is 16.4. The molecule has 0 atom stereocenters. The number of aliphatic hydroxyl groups excluding tert-OH is 1. The maximum atomic E-state index is 12.5. The summed E-state index contributed by atoms with van der Waals surface area (Å²) in [7, 11) is 5.53. The van der Waals surface area contributed by atoms with Crippen molar-refractivity contribution in [2.45, 2.75) is 38.3 Å². The fourth-order valence-corrected chi connectivity index (χ4v) is 3.32. The molecule has 1 N–H and O–H groups in total. The average molecular weight is 334 g/mol. The lowest BCUT2D eigenvalue weighted by molar-refractivity contribution is -0.132. The molecule has 0 radical (unpaired) electrons. The molecule has 0 spiro atoms. The van der Waals surface area contributed by atoms with Crippen LogP contribution in [0.1, 0.15) is 31.2 Å². The topological polar surface area (TPSA) is 53.0 Å². The summed E-state index contributed by atoms with van der Waals surface area (Å²) in [6.45, 7) is 1.34. The summed E-state index contributed by atoms with van der Waals surface area (Å²) in [6, 6.07) is 8.26. The van der Waals surface area contributed by atoms with Crippen molar-refractivity contribution in [2.24, 2.45) is 5.92 Å². The predicted octanol–water partition coefficient (Wildman–Crippen LogP) is 2.14. The molecule has 5 heteroatoms. The van der Waals surface area contributed by atoms with Crippen LogP contribution in [-0.2, 0) is 11.3 Å². The van der Waals surface area contributed by atoms with Gasteiger partial charge < -0.3 is 14.7 Å². The first-order chi connectivity index (χ1) is 11.5. The molecule has 1 aromatic carbocycles. The molecule has 0 heterocycles. The molecule has 24 heavy (non-hydrogen) atoms. The van der Waals surface area contributed by atoms with Gasteiger partial charge in [0.25, 0.3) is 0 Å². The minimum Gasteiger partial charge on any atom is -0.497 e. The SMILES string of the molecule is COc1ccc(CN(C)C(=O)CN(C)C2CCC(CO)CC2)cc1. The van der Waals surface area contributed by atoms with Gasteiger partial charge in [-0.05, 0) is 56.3 Å². The van der Waals surface area contributed by atoms with Crippen LogP contribution >= 0.6 is 0 Å². The van der Waals surface area contributed by atoms with Crippen LogP contribution in [0.5, 0.6) is 5.75 Å². The second-order valence-electron chi connectivity index (χ2n) is 6.87. The van der Waals surface area contributed by atoms with Gasteiger partial charge in [0.05, 0.1) is 13.7 Å². The van der Waals surface area contributed by atoms with Crippen LogP contribution in [0, 0.1) is 5.92 Å². The van der Waals surface area contributed by atoms with E-state index in [4.69, 9.17) is 4.74 Å². The predicted molar refractivity (Wildman–Crippen MR) is 94.9 cm³/mol. The van der Waals surface area contributed by atoms with E-state index < -0.39 is 0 Å². The number of ether oxygens (including phenoxy) is 1. The van der Waals surface area contributed by atoms with Gasteiger partial charge in [0.15, 0.2) is 0 Å². The second-order valence-corrected chi connectivity index (χ2v) is 6.87. The number of amides is 1. The van der Waals surface area contributed by atoms with Crippen LogP contribution in [0.25, 0.3) is 0 Å². The lowest BCUT2D eigenvalue weighted by Crippen LogP contribution is -2.42. The molecule has 0 saturated heterocycles. The van der Waals surface area contributed by atoms with E-state index in [2.05, 4.69) is 4.90 Å². The van der Waals surface area contributed by atoms with Crippen LogP contribution in [0.15, 0.2) is 24.3 Å². The van der Waals surface area contributed by atoms with Crippen LogP contribution < -0.4 is 4.74 Å². The zero-order chi connectivity index (χ0) is 17.5. The standard InChI is InChI=1S/C19H30N2O3/c1-20(17-8-4-16(14-22)5-9-17)13-19(23)21(2)12-15-6-10-18(24-3)11-7-15/h6-7,10-11,16-17,22H,4-5,8-9,12-14H2,1-3H3. The van der Waals surface area contributed by atoms with E-state index in [1.54, 1.807) is 12.0 Å². The van der Waals surface area contributed by atoms with Gasteiger partial charge in [-0.25, -0.2) is 0 Å². The third-order valence-corrected chi connectivity index (χ3v) is 5.09. The third-order valence-electron chi connectivity index (χ3n) is 5.09. The van der Waals surface area contributed by atoms with Crippen LogP contribution in [0.2, 0.25) is 0 Å². The number of hydrogen-bond donors (Lipinski definition) is 1. The molecule has 1 saturated carbocycles. The highest BCUT2D eigenvalue weighted by Gasteiger charge is 2.25. The summed E-state index contributed by atoms with van der Waals surface area (Å²) in [5, 5.41) is 9.22. The Morgan fingerprint density at radius 3 is 2.33 bits per heavy atom. The Morgan fingerprint density at radius 1 is 1.17 bits per heavy atom. The van der Waals surface area contributed by atoms with Crippen molar-refractivity contribution in [3.05, 3.63) is 29.8 Å². The average Bonchev–Trinajstić information content (AvgIpc) is 2.62. The highest BCUT2D eigenvalue weighted by molar-refractivity contribution is 5.78. The first kappa shape index (κ1) is 18.7. The highest BCUT2D eigenvalue weighted by atomic mass is 16.5. The number of nitrogens with zero attached hydrogens (tertiary/aromatic N) is 2. The van der Waals surface area contributed by atoms with Crippen LogP contribution in [0.4, 0.5) is 0 Å². The number of aliphatic hydroxyl groups is 1. The molecule has 0 aliphatic heterocycles. The Balaban J connectivity index is 1.80. The molecular weight excluding hydrogens is 304 g/mol.